The van der Waals surface area contributed by atoms with Crippen molar-refractivity contribution in [2.24, 2.45) is 10.6 Å². The topological polar surface area (TPSA) is 154 Å². The Bertz CT molecular complexity index is 441. The molecular weight excluding hydrogens is 330 g/mol. The molecule has 14 nitrogen and oxygen atoms in total. The fourth-order valence-electron chi connectivity index (χ4n) is 1.91. The lowest BCUT2D eigenvalue weighted by molar-refractivity contribution is -0.764. The quantitative estimate of drug-likeness (QED) is 0.130. The smallest absolute Gasteiger partial charge is 0.294 e. The van der Waals surface area contributed by atoms with Gasteiger partial charge in [0, 0.05) is 0 Å². The molecule has 1 saturated heterocycles. The molecule has 0 aromatic heterocycles. The molecular formula is C10H21N7O7. The third kappa shape index (κ3) is 7.46. The summed E-state index contributed by atoms with van der Waals surface area (Å²) >= 11 is 0. The van der Waals surface area contributed by atoms with Crippen molar-refractivity contribution in [2.75, 3.05) is 39.6 Å². The summed E-state index contributed by atoms with van der Waals surface area (Å²) in [5, 5.41) is 41.2. The first-order valence-corrected chi connectivity index (χ1v) is 7.42. The Kier molecular flexibility index (Phi) is 8.70. The van der Waals surface area contributed by atoms with Gasteiger partial charge in [-0.3, -0.25) is 9.68 Å². The van der Waals surface area contributed by atoms with Crippen LogP contribution in [0.15, 0.2) is 10.6 Å². The molecule has 0 atom stereocenters. The highest BCUT2D eigenvalue weighted by molar-refractivity contribution is 4.54. The van der Waals surface area contributed by atoms with Crippen LogP contribution in [0.25, 0.3) is 0 Å². The first-order valence-electron chi connectivity index (χ1n) is 7.42. The van der Waals surface area contributed by atoms with E-state index in [9.17, 15) is 20.5 Å². The molecule has 0 radical (unpaired) electrons. The first-order chi connectivity index (χ1) is 11.5. The van der Waals surface area contributed by atoms with E-state index in [2.05, 4.69) is 25.1 Å². The molecule has 1 aliphatic heterocycles. The van der Waals surface area contributed by atoms with Crippen molar-refractivity contribution in [1.82, 2.24) is 10.0 Å². The van der Waals surface area contributed by atoms with Crippen molar-refractivity contribution in [1.29, 1.82) is 0 Å². The van der Waals surface area contributed by atoms with Crippen LogP contribution in [0.4, 0.5) is 0 Å². The number of likely N-dealkylation sites (N-methyl/N-ethyl adjacent to an activating group) is 1. The molecule has 0 bridgehead atoms. The Morgan fingerprint density at radius 1 is 1.12 bits per heavy atom. The number of hydrogen-bond acceptors (Lipinski definition) is 9. The van der Waals surface area contributed by atoms with Gasteiger partial charge in [-0.25, -0.2) is 0 Å². The lowest BCUT2D eigenvalue weighted by Crippen LogP contribution is -2.35. The summed E-state index contributed by atoms with van der Waals surface area (Å²) in [7, 11) is 0. The standard InChI is InChI=1S/C10H21N7O7/c1-2-13(8-9-24-17(20)21)15(18)11-22-10-23-12-16(19)14-6-4-3-5-7-14/h2-10H2,1H3. The van der Waals surface area contributed by atoms with Crippen LogP contribution in [-0.4, -0.2) is 64.6 Å². The molecule has 1 aliphatic rings. The average Bonchev–Trinajstić information content (AvgIpc) is 2.58. The average molecular weight is 351 g/mol. The van der Waals surface area contributed by atoms with Gasteiger partial charge in [-0.2, -0.15) is 0 Å². The highest BCUT2D eigenvalue weighted by Gasteiger charge is 2.16. The summed E-state index contributed by atoms with van der Waals surface area (Å²) in [4.78, 5) is 23.7. The predicted molar refractivity (Wildman–Crippen MR) is 74.8 cm³/mol. The molecule has 1 rings (SSSR count). The van der Waals surface area contributed by atoms with E-state index in [1.54, 1.807) is 6.92 Å². The minimum Gasteiger partial charge on any atom is -0.569 e. The zero-order valence-electron chi connectivity index (χ0n) is 13.4. The SMILES string of the molecule is CCN(CCO[N+](=O)[O-])[N+]([O-])=NOCON=[N+]([O-])N1CCCCC1. The molecule has 0 N–H and O–H groups in total. The molecule has 1 heterocycles. The zero-order chi connectivity index (χ0) is 17.8. The predicted octanol–water partition coefficient (Wildman–Crippen LogP) is 0.578. The maximum absolute atomic E-state index is 11.6. The Balaban J connectivity index is 2.27. The van der Waals surface area contributed by atoms with Gasteiger partial charge in [0.15, 0.2) is 0 Å². The molecule has 138 valence electrons. The van der Waals surface area contributed by atoms with E-state index in [1.807, 2.05) is 0 Å². The third-order valence-electron chi connectivity index (χ3n) is 3.09. The van der Waals surface area contributed by atoms with Gasteiger partial charge in [0.25, 0.3) is 11.9 Å². The minimum absolute atomic E-state index is 0.0532. The number of nitrogens with zero attached hydrogens (tertiary/aromatic N) is 7. The van der Waals surface area contributed by atoms with Gasteiger partial charge < -0.3 is 15.3 Å². The second kappa shape index (κ2) is 10.8. The highest BCUT2D eigenvalue weighted by Crippen LogP contribution is 2.08. The maximum atomic E-state index is 11.6. The van der Waals surface area contributed by atoms with Crippen LogP contribution < -0.4 is 0 Å². The summed E-state index contributed by atoms with van der Waals surface area (Å²) in [6.07, 6.45) is 2.91. The van der Waals surface area contributed by atoms with Crippen LogP contribution in [0.5, 0.6) is 0 Å². The van der Waals surface area contributed by atoms with Crippen molar-refractivity contribution in [3.8, 4) is 0 Å². The number of hydrogen-bond donors (Lipinski definition) is 0. The van der Waals surface area contributed by atoms with Crippen molar-refractivity contribution in [3.63, 3.8) is 0 Å². The van der Waals surface area contributed by atoms with Crippen LogP contribution in [0.1, 0.15) is 26.2 Å². The molecule has 0 saturated carbocycles. The highest BCUT2D eigenvalue weighted by atomic mass is 16.9. The molecule has 0 aromatic carbocycles. The number of piperidine rings is 1. The van der Waals surface area contributed by atoms with Gasteiger partial charge in [0.05, 0.1) is 29.6 Å². The normalized spacial score (nSPS) is 15.8. The van der Waals surface area contributed by atoms with E-state index >= 15 is 0 Å². The van der Waals surface area contributed by atoms with Gasteiger partial charge in [-0.15, -0.1) is 20.1 Å². The Hall–Kier alpha value is -2.80. The summed E-state index contributed by atoms with van der Waals surface area (Å²) in [6, 6.07) is 0. The van der Waals surface area contributed by atoms with E-state index in [4.69, 9.17) is 0 Å². The molecule has 0 unspecified atom stereocenters. The van der Waals surface area contributed by atoms with Crippen molar-refractivity contribution >= 4 is 0 Å². The second-order valence-electron chi connectivity index (χ2n) is 4.66. The largest absolute Gasteiger partial charge is 0.569 e. The maximum Gasteiger partial charge on any atom is 0.294 e. The minimum atomic E-state index is -0.955. The number of hydrazine groups is 2. The van der Waals surface area contributed by atoms with Crippen LogP contribution in [0, 0.1) is 20.5 Å². The summed E-state index contributed by atoms with van der Waals surface area (Å²) in [5.74, 6) is 0. The molecule has 14 heteroatoms. The summed E-state index contributed by atoms with van der Waals surface area (Å²) in [5.41, 5.74) is 0. The lowest BCUT2D eigenvalue weighted by atomic mass is 10.2. The fraction of sp³-hybridized carbons (Fsp3) is 1.00. The second-order valence-corrected chi connectivity index (χ2v) is 4.66. The summed E-state index contributed by atoms with van der Waals surface area (Å²) < 4.78 is 0. The van der Waals surface area contributed by atoms with Crippen LogP contribution in [0.3, 0.4) is 0 Å². The molecule has 0 aliphatic carbocycles. The fourth-order valence-corrected chi connectivity index (χ4v) is 1.91. The molecule has 0 amide bonds. The Morgan fingerprint density at radius 3 is 2.42 bits per heavy atom. The third-order valence-corrected chi connectivity index (χ3v) is 3.09. The first kappa shape index (κ1) is 19.2. The molecule has 24 heavy (non-hydrogen) atoms. The van der Waals surface area contributed by atoms with Crippen LogP contribution >= 0.6 is 0 Å². The van der Waals surface area contributed by atoms with Gasteiger partial charge in [-0.1, -0.05) is 0 Å². The zero-order valence-corrected chi connectivity index (χ0v) is 13.4. The van der Waals surface area contributed by atoms with Crippen molar-refractivity contribution in [3.05, 3.63) is 20.5 Å². The lowest BCUT2D eigenvalue weighted by Gasteiger charge is -2.21. The van der Waals surface area contributed by atoms with Crippen molar-refractivity contribution < 1.29 is 29.5 Å². The monoisotopic (exact) mass is 351 g/mol. The number of rotatable bonds is 11. The van der Waals surface area contributed by atoms with E-state index in [0.717, 1.165) is 24.3 Å². The molecule has 0 aromatic rings. The van der Waals surface area contributed by atoms with E-state index in [0.29, 0.717) is 18.1 Å². The Morgan fingerprint density at radius 2 is 1.79 bits per heavy atom. The van der Waals surface area contributed by atoms with Gasteiger partial charge >= 0.3 is 0 Å². The van der Waals surface area contributed by atoms with Gasteiger partial charge in [-0.05, 0) is 26.2 Å². The van der Waals surface area contributed by atoms with E-state index in [1.165, 1.54) is 5.01 Å². The van der Waals surface area contributed by atoms with Crippen LogP contribution in [0.2, 0.25) is 0 Å². The summed E-state index contributed by atoms with van der Waals surface area (Å²) in [6.45, 7) is 2.21. The molecule has 0 spiro atoms. The van der Waals surface area contributed by atoms with Crippen molar-refractivity contribution in [2.45, 2.75) is 26.2 Å². The van der Waals surface area contributed by atoms with E-state index in [-0.39, 0.29) is 24.7 Å². The molecule has 1 fully saturated rings. The van der Waals surface area contributed by atoms with Crippen LogP contribution in [-0.2, 0) is 14.5 Å². The van der Waals surface area contributed by atoms with E-state index < -0.39 is 11.9 Å². The van der Waals surface area contributed by atoms with Gasteiger partial charge in [0.2, 0.25) is 10.6 Å². The Labute approximate surface area is 137 Å². The van der Waals surface area contributed by atoms with Gasteiger partial charge in [0.1, 0.15) is 13.2 Å².